The van der Waals surface area contributed by atoms with Crippen LogP contribution in [-0.2, 0) is 4.74 Å². The van der Waals surface area contributed by atoms with Crippen LogP contribution in [0.4, 0.5) is 0 Å². The van der Waals surface area contributed by atoms with Gasteiger partial charge in [0.15, 0.2) is 0 Å². The Kier molecular flexibility index (Phi) is 2.91. The van der Waals surface area contributed by atoms with E-state index in [1.54, 1.807) is 0 Å². The van der Waals surface area contributed by atoms with Gasteiger partial charge < -0.3 is 9.84 Å². The van der Waals surface area contributed by atoms with Gasteiger partial charge in [-0.3, -0.25) is 0 Å². The molecule has 1 heterocycles. The van der Waals surface area contributed by atoms with Gasteiger partial charge in [0.25, 0.3) is 0 Å². The van der Waals surface area contributed by atoms with E-state index in [4.69, 9.17) is 4.74 Å². The topological polar surface area (TPSA) is 29.5 Å². The van der Waals surface area contributed by atoms with Crippen LogP contribution in [0, 0.1) is 0 Å². The summed E-state index contributed by atoms with van der Waals surface area (Å²) in [6, 6.07) is 0. The first kappa shape index (κ1) is 9.75. The first-order chi connectivity index (χ1) is 5.52. The third-order valence-corrected chi connectivity index (χ3v) is 2.25. The van der Waals surface area contributed by atoms with Gasteiger partial charge in [-0.05, 0) is 27.2 Å². The fourth-order valence-corrected chi connectivity index (χ4v) is 1.50. The average molecular weight is 170 g/mol. The van der Waals surface area contributed by atoms with Crippen molar-refractivity contribution in [3.05, 3.63) is 11.6 Å². The molecule has 1 saturated heterocycles. The minimum atomic E-state index is -0.347. The first-order valence-corrected chi connectivity index (χ1v) is 4.49. The summed E-state index contributed by atoms with van der Waals surface area (Å²) in [6.07, 6.45) is 3.33. The number of hydrogen-bond acceptors (Lipinski definition) is 2. The van der Waals surface area contributed by atoms with E-state index in [1.807, 2.05) is 19.9 Å². The van der Waals surface area contributed by atoms with Crippen LogP contribution in [0.5, 0.6) is 0 Å². The van der Waals surface area contributed by atoms with Gasteiger partial charge in [-0.15, -0.1) is 0 Å². The molecule has 1 fully saturated rings. The summed E-state index contributed by atoms with van der Waals surface area (Å²) >= 11 is 0. The molecule has 1 aliphatic rings. The van der Waals surface area contributed by atoms with E-state index >= 15 is 0 Å². The average Bonchev–Trinajstić information content (AvgIpc) is 1.81. The maximum Gasteiger partial charge on any atom is 0.0750 e. The Hall–Kier alpha value is -0.340. The number of ether oxygens (including phenoxy) is 1. The maximum atomic E-state index is 9.56. The number of aliphatic hydroxyl groups excluding tert-OH is 1. The minimum Gasteiger partial charge on any atom is -0.389 e. The minimum absolute atomic E-state index is 0.0641. The summed E-state index contributed by atoms with van der Waals surface area (Å²) in [5, 5.41) is 9.56. The molecule has 0 amide bonds. The van der Waals surface area contributed by atoms with Crippen molar-refractivity contribution in [3.8, 4) is 0 Å². The first-order valence-electron chi connectivity index (χ1n) is 4.49. The van der Waals surface area contributed by atoms with Crippen LogP contribution >= 0.6 is 0 Å². The monoisotopic (exact) mass is 170 g/mol. The van der Waals surface area contributed by atoms with E-state index < -0.39 is 0 Å². The molecule has 0 radical (unpaired) electrons. The highest BCUT2D eigenvalue weighted by atomic mass is 16.5. The fraction of sp³-hybridized carbons (Fsp3) is 0.800. The molecule has 2 nitrogen and oxygen atoms in total. The van der Waals surface area contributed by atoms with Crippen molar-refractivity contribution < 1.29 is 9.84 Å². The standard InChI is InChI=1S/C10H18O2/c1-8(2)6-9(11)7-10(3)4-5-12-10/h6,9,11H,4-5,7H2,1-3H3. The van der Waals surface area contributed by atoms with Crippen molar-refractivity contribution in [1.29, 1.82) is 0 Å². The third kappa shape index (κ3) is 2.61. The van der Waals surface area contributed by atoms with Crippen molar-refractivity contribution in [2.45, 2.75) is 45.3 Å². The highest BCUT2D eigenvalue weighted by Crippen LogP contribution is 2.30. The molecule has 0 aromatic carbocycles. The van der Waals surface area contributed by atoms with Gasteiger partial charge in [0.2, 0.25) is 0 Å². The predicted octanol–water partition coefficient (Wildman–Crippen LogP) is 1.88. The Labute approximate surface area is 74.2 Å². The highest BCUT2D eigenvalue weighted by molar-refractivity contribution is 5.00. The number of aliphatic hydroxyl groups is 1. The molecular weight excluding hydrogens is 152 g/mol. The Bertz CT molecular complexity index is 176. The van der Waals surface area contributed by atoms with E-state index in [-0.39, 0.29) is 11.7 Å². The zero-order valence-electron chi connectivity index (χ0n) is 8.13. The molecule has 70 valence electrons. The zero-order chi connectivity index (χ0) is 9.19. The van der Waals surface area contributed by atoms with Crippen molar-refractivity contribution >= 4 is 0 Å². The molecular formula is C10H18O2. The maximum absolute atomic E-state index is 9.56. The second-order valence-electron chi connectivity index (χ2n) is 4.06. The van der Waals surface area contributed by atoms with Crippen molar-refractivity contribution in [2.75, 3.05) is 6.61 Å². The SMILES string of the molecule is CC(C)=CC(O)CC1(C)CCO1. The lowest BCUT2D eigenvalue weighted by Gasteiger charge is -2.39. The third-order valence-electron chi connectivity index (χ3n) is 2.25. The number of rotatable bonds is 3. The predicted molar refractivity (Wildman–Crippen MR) is 49.0 cm³/mol. The normalized spacial score (nSPS) is 30.7. The number of allylic oxidation sites excluding steroid dienone is 1. The van der Waals surface area contributed by atoms with Gasteiger partial charge in [-0.2, -0.15) is 0 Å². The van der Waals surface area contributed by atoms with Crippen LogP contribution in [0.15, 0.2) is 11.6 Å². The Balaban J connectivity index is 2.35. The summed E-state index contributed by atoms with van der Waals surface area (Å²) in [7, 11) is 0. The van der Waals surface area contributed by atoms with Crippen LogP contribution < -0.4 is 0 Å². The van der Waals surface area contributed by atoms with Gasteiger partial charge >= 0.3 is 0 Å². The van der Waals surface area contributed by atoms with Crippen molar-refractivity contribution in [1.82, 2.24) is 0 Å². The molecule has 0 spiro atoms. The summed E-state index contributed by atoms with van der Waals surface area (Å²) in [5.41, 5.74) is 1.09. The lowest BCUT2D eigenvalue weighted by Crippen LogP contribution is -2.43. The van der Waals surface area contributed by atoms with Crippen LogP contribution in [0.2, 0.25) is 0 Å². The van der Waals surface area contributed by atoms with Crippen LogP contribution in [0.25, 0.3) is 0 Å². The van der Waals surface area contributed by atoms with E-state index in [1.165, 1.54) is 0 Å². The van der Waals surface area contributed by atoms with Crippen LogP contribution in [-0.4, -0.2) is 23.4 Å². The molecule has 0 aromatic heterocycles. The Morgan fingerprint density at radius 1 is 1.67 bits per heavy atom. The van der Waals surface area contributed by atoms with Gasteiger partial charge in [-0.25, -0.2) is 0 Å². The Morgan fingerprint density at radius 3 is 2.58 bits per heavy atom. The van der Waals surface area contributed by atoms with Crippen molar-refractivity contribution in [2.24, 2.45) is 0 Å². The molecule has 0 aromatic rings. The smallest absolute Gasteiger partial charge is 0.0750 e. The zero-order valence-corrected chi connectivity index (χ0v) is 8.13. The highest BCUT2D eigenvalue weighted by Gasteiger charge is 2.34. The molecule has 1 rings (SSSR count). The summed E-state index contributed by atoms with van der Waals surface area (Å²) in [5.74, 6) is 0. The van der Waals surface area contributed by atoms with E-state index in [9.17, 15) is 5.11 Å². The second-order valence-corrected chi connectivity index (χ2v) is 4.06. The van der Waals surface area contributed by atoms with Crippen LogP contribution in [0.1, 0.15) is 33.6 Å². The lowest BCUT2D eigenvalue weighted by molar-refractivity contribution is -0.148. The molecule has 12 heavy (non-hydrogen) atoms. The van der Waals surface area contributed by atoms with E-state index in [0.717, 1.165) is 25.0 Å². The van der Waals surface area contributed by atoms with Gasteiger partial charge in [0.1, 0.15) is 0 Å². The molecule has 0 saturated carbocycles. The molecule has 2 heteroatoms. The second kappa shape index (κ2) is 3.58. The summed E-state index contributed by atoms with van der Waals surface area (Å²) in [4.78, 5) is 0. The van der Waals surface area contributed by atoms with Gasteiger partial charge in [-0.1, -0.05) is 11.6 Å². The Morgan fingerprint density at radius 2 is 2.25 bits per heavy atom. The molecule has 1 N–H and O–H groups in total. The quantitative estimate of drug-likeness (QED) is 0.655. The molecule has 1 aliphatic heterocycles. The fourth-order valence-electron chi connectivity index (χ4n) is 1.50. The number of hydrogen-bond donors (Lipinski definition) is 1. The lowest BCUT2D eigenvalue weighted by atomic mass is 9.90. The molecule has 0 bridgehead atoms. The van der Waals surface area contributed by atoms with Gasteiger partial charge in [0.05, 0.1) is 18.3 Å². The molecule has 2 unspecified atom stereocenters. The van der Waals surface area contributed by atoms with Crippen molar-refractivity contribution in [3.63, 3.8) is 0 Å². The molecule has 0 aliphatic carbocycles. The summed E-state index contributed by atoms with van der Waals surface area (Å²) < 4.78 is 5.38. The largest absolute Gasteiger partial charge is 0.389 e. The van der Waals surface area contributed by atoms with Crippen LogP contribution in [0.3, 0.4) is 0 Å². The van der Waals surface area contributed by atoms with E-state index in [2.05, 4.69) is 6.92 Å². The molecule has 2 atom stereocenters. The van der Waals surface area contributed by atoms with E-state index in [0.29, 0.717) is 0 Å². The van der Waals surface area contributed by atoms with Gasteiger partial charge in [0, 0.05) is 6.42 Å². The summed E-state index contributed by atoms with van der Waals surface area (Å²) in [6.45, 7) is 6.89.